The Morgan fingerprint density at radius 3 is 1.45 bits per heavy atom. The van der Waals surface area contributed by atoms with Gasteiger partial charge in [-0.2, -0.15) is 0 Å². The molecule has 0 aromatic rings. The quantitative estimate of drug-likeness (QED) is 0.209. The Balaban J connectivity index is 4.20. The molecule has 33 heavy (non-hydrogen) atoms. The van der Waals surface area contributed by atoms with Gasteiger partial charge < -0.3 is 24.1 Å². The number of esters is 3. The van der Waals surface area contributed by atoms with E-state index in [2.05, 4.69) is 20.8 Å². The average Bonchev–Trinajstić information content (AvgIpc) is 3.11. The molecule has 0 aromatic heterocycles. The van der Waals surface area contributed by atoms with Gasteiger partial charge in [-0.25, -0.2) is 14.4 Å². The first-order valence-electron chi connectivity index (χ1n) is 11.6. The fourth-order valence-corrected chi connectivity index (χ4v) is 10.7. The second-order valence-corrected chi connectivity index (χ2v) is 12.4. The van der Waals surface area contributed by atoms with Crippen LogP contribution in [-0.2, 0) is 33.3 Å². The van der Waals surface area contributed by atoms with Gasteiger partial charge in [-0.1, -0.05) is 40.0 Å². The van der Waals surface area contributed by atoms with Gasteiger partial charge in [0.05, 0.1) is 58.2 Å². The van der Waals surface area contributed by atoms with Crippen molar-refractivity contribution in [2.45, 2.75) is 64.6 Å². The first kappa shape index (κ1) is 29.1. The Bertz CT molecular complexity index is 764. The SMILES string of the molecule is CCCC[P+](CCCC)(CCCC)C1(OC)C([O-])=C(C(=O)OC)C(C(=O)OC)=C1C(=O)OC. The van der Waals surface area contributed by atoms with Crippen molar-refractivity contribution in [2.24, 2.45) is 0 Å². The van der Waals surface area contributed by atoms with Gasteiger partial charge in [0, 0.05) is 7.11 Å². The third kappa shape index (κ3) is 5.27. The van der Waals surface area contributed by atoms with Gasteiger partial charge in [0.1, 0.15) is 5.57 Å². The van der Waals surface area contributed by atoms with Gasteiger partial charge in [-0.15, -0.1) is 0 Å². The Morgan fingerprint density at radius 1 is 0.727 bits per heavy atom. The minimum absolute atomic E-state index is 0.221. The van der Waals surface area contributed by atoms with Gasteiger partial charge >= 0.3 is 17.9 Å². The minimum atomic E-state index is -2.45. The topological polar surface area (TPSA) is 111 Å². The molecular weight excluding hydrogens is 447 g/mol. The van der Waals surface area contributed by atoms with Crippen molar-refractivity contribution in [1.29, 1.82) is 0 Å². The third-order valence-corrected chi connectivity index (χ3v) is 11.8. The highest BCUT2D eigenvalue weighted by Crippen LogP contribution is 2.76. The number of unbranched alkanes of at least 4 members (excludes halogenated alkanes) is 3. The van der Waals surface area contributed by atoms with Gasteiger partial charge in [-0.05, 0) is 25.0 Å². The van der Waals surface area contributed by atoms with Crippen LogP contribution >= 0.6 is 7.26 Å². The predicted molar refractivity (Wildman–Crippen MR) is 126 cm³/mol. The lowest BCUT2D eigenvalue weighted by Crippen LogP contribution is -2.47. The highest BCUT2D eigenvalue weighted by atomic mass is 31.2. The van der Waals surface area contributed by atoms with E-state index in [0.29, 0.717) is 18.5 Å². The molecule has 1 aliphatic rings. The molecule has 1 unspecified atom stereocenters. The molecule has 1 atom stereocenters. The summed E-state index contributed by atoms with van der Waals surface area (Å²) in [4.78, 5) is 38.9. The standard InChI is InChI=1S/C24H39O8P/c1-8-11-14-33(15-12-9-2,16-13-10-3)24(32-7)19(23(28)31-6)17(21(26)29-4)18(20(24)25)22(27)30-5/h8-16H2,1-7H3. The zero-order valence-corrected chi connectivity index (χ0v) is 22.0. The molecule has 9 heteroatoms. The van der Waals surface area contributed by atoms with Crippen LogP contribution in [0.4, 0.5) is 0 Å². The van der Waals surface area contributed by atoms with E-state index in [1.54, 1.807) is 0 Å². The largest absolute Gasteiger partial charge is 0.870 e. The van der Waals surface area contributed by atoms with Crippen LogP contribution in [0.5, 0.6) is 0 Å². The molecule has 0 amide bonds. The fourth-order valence-electron chi connectivity index (χ4n) is 4.67. The molecule has 0 aromatic carbocycles. The summed E-state index contributed by atoms with van der Waals surface area (Å²) >= 11 is 0. The van der Waals surface area contributed by atoms with Crippen molar-refractivity contribution >= 4 is 25.2 Å². The molecule has 0 bridgehead atoms. The van der Waals surface area contributed by atoms with E-state index in [9.17, 15) is 19.5 Å². The van der Waals surface area contributed by atoms with E-state index < -0.39 is 47.4 Å². The summed E-state index contributed by atoms with van der Waals surface area (Å²) in [7, 11) is 2.35. The van der Waals surface area contributed by atoms with Crippen LogP contribution in [-0.4, -0.2) is 70.2 Å². The normalized spacial score (nSPS) is 18.5. The zero-order chi connectivity index (χ0) is 25.2. The molecule has 0 fully saturated rings. The predicted octanol–water partition coefficient (Wildman–Crippen LogP) is 3.19. The monoisotopic (exact) mass is 486 g/mol. The van der Waals surface area contributed by atoms with Crippen molar-refractivity contribution < 1.29 is 38.4 Å². The second-order valence-electron chi connectivity index (χ2n) is 8.15. The summed E-state index contributed by atoms with van der Waals surface area (Å²) in [6.07, 6.45) is 7.22. The maximum atomic E-state index is 14.2. The van der Waals surface area contributed by atoms with Crippen molar-refractivity contribution in [2.75, 3.05) is 46.9 Å². The highest BCUT2D eigenvalue weighted by molar-refractivity contribution is 7.77. The van der Waals surface area contributed by atoms with Gasteiger partial charge in [-0.3, -0.25) is 0 Å². The minimum Gasteiger partial charge on any atom is -0.870 e. The van der Waals surface area contributed by atoms with E-state index in [0.717, 1.165) is 52.7 Å². The number of ether oxygens (including phenoxy) is 4. The van der Waals surface area contributed by atoms with Crippen molar-refractivity contribution in [3.8, 4) is 0 Å². The van der Waals surface area contributed by atoms with E-state index in [-0.39, 0.29) is 5.57 Å². The van der Waals surface area contributed by atoms with Crippen molar-refractivity contribution in [1.82, 2.24) is 0 Å². The molecule has 1 aliphatic carbocycles. The highest BCUT2D eigenvalue weighted by Gasteiger charge is 2.66. The molecule has 188 valence electrons. The van der Waals surface area contributed by atoms with Crippen LogP contribution in [0.15, 0.2) is 22.5 Å². The number of hydrogen-bond acceptors (Lipinski definition) is 8. The summed E-state index contributed by atoms with van der Waals surface area (Å²) in [5.74, 6) is -3.55. The van der Waals surface area contributed by atoms with Gasteiger partial charge in [0.25, 0.3) is 0 Å². The lowest BCUT2D eigenvalue weighted by atomic mass is 10.1. The molecular formula is C24H39O8P. The summed E-state index contributed by atoms with van der Waals surface area (Å²) < 4.78 is 20.9. The first-order valence-corrected chi connectivity index (χ1v) is 13.9. The first-order chi connectivity index (χ1) is 15.7. The molecule has 0 heterocycles. The number of carbonyl (C=O) groups excluding carboxylic acids is 3. The smallest absolute Gasteiger partial charge is 0.341 e. The van der Waals surface area contributed by atoms with Crippen molar-refractivity contribution in [3.63, 3.8) is 0 Å². The number of carbonyl (C=O) groups is 3. The summed E-state index contributed by atoms with van der Waals surface area (Å²) in [5, 5.41) is 12.4. The molecule has 1 rings (SSSR count). The number of rotatable bonds is 14. The van der Waals surface area contributed by atoms with E-state index >= 15 is 0 Å². The Hall–Kier alpha value is -1.92. The molecule has 0 saturated carbocycles. The van der Waals surface area contributed by atoms with Crippen LogP contribution < -0.4 is 5.11 Å². The molecule has 0 saturated heterocycles. The van der Waals surface area contributed by atoms with Crippen LogP contribution in [0.3, 0.4) is 0 Å². The number of hydrogen-bond donors (Lipinski definition) is 0. The fraction of sp³-hybridized carbons (Fsp3) is 0.708. The Kier molecular flexibility index (Phi) is 11.5. The molecule has 0 radical (unpaired) electrons. The van der Waals surface area contributed by atoms with Crippen LogP contribution in [0.2, 0.25) is 0 Å². The second kappa shape index (κ2) is 13.1. The van der Waals surface area contributed by atoms with Gasteiger partial charge in [0.15, 0.2) is 0 Å². The molecule has 8 nitrogen and oxygen atoms in total. The van der Waals surface area contributed by atoms with Crippen molar-refractivity contribution in [3.05, 3.63) is 22.5 Å². The third-order valence-electron chi connectivity index (χ3n) is 6.32. The van der Waals surface area contributed by atoms with Crippen LogP contribution in [0.25, 0.3) is 0 Å². The van der Waals surface area contributed by atoms with E-state index in [4.69, 9.17) is 18.9 Å². The van der Waals surface area contributed by atoms with E-state index in [1.165, 1.54) is 14.2 Å². The Morgan fingerprint density at radius 2 is 1.12 bits per heavy atom. The zero-order valence-electron chi connectivity index (χ0n) is 21.1. The van der Waals surface area contributed by atoms with E-state index in [1.807, 2.05) is 0 Å². The van der Waals surface area contributed by atoms with Crippen LogP contribution in [0, 0.1) is 0 Å². The molecule has 0 aliphatic heterocycles. The average molecular weight is 487 g/mol. The maximum Gasteiger partial charge on any atom is 0.341 e. The summed E-state index contributed by atoms with van der Waals surface area (Å²) in [5.41, 5.74) is -1.13. The lowest BCUT2D eigenvalue weighted by molar-refractivity contribution is -0.323. The van der Waals surface area contributed by atoms with Gasteiger partial charge in [0.2, 0.25) is 5.34 Å². The number of methoxy groups -OCH3 is 4. The maximum absolute atomic E-state index is 14.2. The van der Waals surface area contributed by atoms with Crippen LogP contribution in [0.1, 0.15) is 59.3 Å². The molecule has 0 spiro atoms. The summed E-state index contributed by atoms with van der Waals surface area (Å²) in [6, 6.07) is 0. The Labute approximate surface area is 198 Å². The lowest BCUT2D eigenvalue weighted by Gasteiger charge is -2.46. The molecule has 0 N–H and O–H groups in total. The summed E-state index contributed by atoms with van der Waals surface area (Å²) in [6.45, 7) is 6.19.